The molecule has 2 atom stereocenters. The van der Waals surface area contributed by atoms with Gasteiger partial charge in [-0.05, 0) is 43.0 Å². The molecule has 3 rings (SSSR count). The molecule has 4 nitrogen and oxygen atoms in total. The lowest BCUT2D eigenvalue weighted by atomic mass is 9.70. The maximum atomic E-state index is 9.95. The Balaban J connectivity index is 1.48. The molecular weight excluding hydrogens is 336 g/mol. The summed E-state index contributed by atoms with van der Waals surface area (Å²) in [6.07, 6.45) is 1.79. The highest BCUT2D eigenvalue weighted by Crippen LogP contribution is 2.36. The van der Waals surface area contributed by atoms with E-state index in [9.17, 15) is 5.26 Å². The van der Waals surface area contributed by atoms with Gasteiger partial charge in [0.1, 0.15) is 12.7 Å². The highest BCUT2D eigenvalue weighted by molar-refractivity contribution is 5.40. The second-order valence-electron chi connectivity index (χ2n) is 7.41. The minimum absolute atomic E-state index is 0.0137. The van der Waals surface area contributed by atoms with Crippen molar-refractivity contribution in [2.24, 2.45) is 5.92 Å². The van der Waals surface area contributed by atoms with Crippen LogP contribution in [0.2, 0.25) is 0 Å². The first-order chi connectivity index (χ1) is 13.2. The first-order valence-electron chi connectivity index (χ1n) is 9.71. The summed E-state index contributed by atoms with van der Waals surface area (Å²) in [5.41, 5.74) is 0.676. The fourth-order valence-corrected chi connectivity index (χ4v) is 3.67. The van der Waals surface area contributed by atoms with Crippen molar-refractivity contribution in [3.63, 3.8) is 0 Å². The van der Waals surface area contributed by atoms with Crippen molar-refractivity contribution in [3.8, 4) is 17.6 Å². The largest absolute Gasteiger partial charge is 0.486 e. The van der Waals surface area contributed by atoms with Crippen LogP contribution < -0.4 is 14.8 Å². The fraction of sp³-hybridized carbons (Fsp3) is 0.435. The van der Waals surface area contributed by atoms with Crippen molar-refractivity contribution in [1.82, 2.24) is 5.32 Å². The maximum Gasteiger partial charge on any atom is 0.161 e. The number of nitriles is 1. The number of nitrogens with one attached hydrogen (secondary N) is 1. The van der Waals surface area contributed by atoms with Gasteiger partial charge < -0.3 is 14.8 Å². The van der Waals surface area contributed by atoms with E-state index < -0.39 is 5.41 Å². The first kappa shape index (κ1) is 19.3. The quantitative estimate of drug-likeness (QED) is 0.709. The summed E-state index contributed by atoms with van der Waals surface area (Å²) in [6.45, 7) is 6.41. The zero-order valence-electron chi connectivity index (χ0n) is 16.2. The third-order valence-corrected chi connectivity index (χ3v) is 5.34. The molecule has 2 aromatic carbocycles. The van der Waals surface area contributed by atoms with Crippen molar-refractivity contribution in [3.05, 3.63) is 60.2 Å². The van der Waals surface area contributed by atoms with Crippen molar-refractivity contribution in [2.45, 2.75) is 38.2 Å². The van der Waals surface area contributed by atoms with Crippen LogP contribution in [0.3, 0.4) is 0 Å². The van der Waals surface area contributed by atoms with E-state index in [4.69, 9.17) is 9.47 Å². The molecule has 0 bridgehead atoms. The Bertz CT molecular complexity index is 769. The van der Waals surface area contributed by atoms with Gasteiger partial charge in [0.05, 0.1) is 11.5 Å². The number of rotatable bonds is 8. The van der Waals surface area contributed by atoms with E-state index in [-0.39, 0.29) is 12.0 Å². The van der Waals surface area contributed by atoms with E-state index in [1.54, 1.807) is 0 Å². The Hall–Kier alpha value is -2.51. The van der Waals surface area contributed by atoms with E-state index >= 15 is 0 Å². The molecule has 1 aliphatic rings. The first-order valence-corrected chi connectivity index (χ1v) is 9.71. The van der Waals surface area contributed by atoms with E-state index in [0.717, 1.165) is 43.0 Å². The summed E-state index contributed by atoms with van der Waals surface area (Å²) in [5.74, 6) is 1.88. The van der Waals surface area contributed by atoms with Gasteiger partial charge in [-0.25, -0.2) is 0 Å². The Kier molecular flexibility index (Phi) is 6.36. The van der Waals surface area contributed by atoms with Gasteiger partial charge in [-0.1, -0.05) is 56.3 Å². The lowest BCUT2D eigenvalue weighted by Gasteiger charge is -2.31. The summed E-state index contributed by atoms with van der Waals surface area (Å²) in [4.78, 5) is 0. The molecule has 142 valence electrons. The van der Waals surface area contributed by atoms with E-state index in [0.29, 0.717) is 6.61 Å². The van der Waals surface area contributed by atoms with Crippen LogP contribution in [0.1, 0.15) is 32.3 Å². The minimum Gasteiger partial charge on any atom is -0.486 e. The Morgan fingerprint density at radius 3 is 2.52 bits per heavy atom. The van der Waals surface area contributed by atoms with Gasteiger partial charge in [0, 0.05) is 6.54 Å². The van der Waals surface area contributed by atoms with Crippen LogP contribution >= 0.6 is 0 Å². The second kappa shape index (κ2) is 8.92. The molecule has 1 aliphatic heterocycles. The number of hydrogen-bond acceptors (Lipinski definition) is 4. The van der Waals surface area contributed by atoms with Gasteiger partial charge in [0.2, 0.25) is 0 Å². The molecule has 1 heterocycles. The molecule has 27 heavy (non-hydrogen) atoms. The molecule has 0 unspecified atom stereocenters. The SMILES string of the molecule is CC(C)[C@](C#N)(CCCNC[C@@H]1COc2ccccc2O1)c1ccccc1. The molecule has 2 aromatic rings. The molecule has 0 aliphatic carbocycles. The molecule has 0 radical (unpaired) electrons. The zero-order valence-corrected chi connectivity index (χ0v) is 16.2. The van der Waals surface area contributed by atoms with Crippen molar-refractivity contribution >= 4 is 0 Å². The van der Waals surface area contributed by atoms with Gasteiger partial charge >= 0.3 is 0 Å². The van der Waals surface area contributed by atoms with Crippen LogP contribution in [0.4, 0.5) is 0 Å². The molecule has 0 fully saturated rings. The van der Waals surface area contributed by atoms with Gasteiger partial charge in [0.25, 0.3) is 0 Å². The van der Waals surface area contributed by atoms with Crippen LogP contribution in [0.25, 0.3) is 0 Å². The van der Waals surface area contributed by atoms with Crippen LogP contribution in [0, 0.1) is 17.2 Å². The predicted molar refractivity (Wildman–Crippen MR) is 107 cm³/mol. The van der Waals surface area contributed by atoms with E-state index in [1.165, 1.54) is 0 Å². The Morgan fingerprint density at radius 1 is 1.11 bits per heavy atom. The van der Waals surface area contributed by atoms with Gasteiger partial charge in [-0.3, -0.25) is 0 Å². The van der Waals surface area contributed by atoms with Crippen molar-refractivity contribution in [1.29, 1.82) is 5.26 Å². The number of nitrogens with zero attached hydrogens (tertiary/aromatic N) is 1. The van der Waals surface area contributed by atoms with Gasteiger partial charge in [-0.2, -0.15) is 5.26 Å². The molecule has 0 spiro atoms. The maximum absolute atomic E-state index is 9.95. The van der Waals surface area contributed by atoms with Crippen LogP contribution in [0.15, 0.2) is 54.6 Å². The highest BCUT2D eigenvalue weighted by Gasteiger charge is 2.35. The van der Waals surface area contributed by atoms with Crippen LogP contribution in [-0.4, -0.2) is 25.8 Å². The zero-order chi connectivity index (χ0) is 19.1. The standard InChI is InChI=1S/C23H28N2O2/c1-18(2)23(17-24,19-9-4-3-5-10-19)13-8-14-25-15-20-16-26-21-11-6-7-12-22(21)27-20/h3-7,9-12,18,20,25H,8,13-16H2,1-2H3/t20-,23-/m1/s1. The molecule has 0 saturated heterocycles. The van der Waals surface area contributed by atoms with Crippen molar-refractivity contribution in [2.75, 3.05) is 19.7 Å². The monoisotopic (exact) mass is 364 g/mol. The average molecular weight is 364 g/mol. The van der Waals surface area contributed by atoms with Crippen molar-refractivity contribution < 1.29 is 9.47 Å². The fourth-order valence-electron chi connectivity index (χ4n) is 3.67. The number of ether oxygens (including phenoxy) is 2. The lowest BCUT2D eigenvalue weighted by Crippen LogP contribution is -2.39. The third kappa shape index (κ3) is 4.43. The minimum atomic E-state index is -0.438. The summed E-state index contributed by atoms with van der Waals surface area (Å²) < 4.78 is 11.7. The Labute approximate surface area is 162 Å². The van der Waals surface area contributed by atoms with Gasteiger partial charge in [-0.15, -0.1) is 0 Å². The molecule has 4 heteroatoms. The average Bonchev–Trinajstić information content (AvgIpc) is 2.71. The highest BCUT2D eigenvalue weighted by atomic mass is 16.6. The van der Waals surface area contributed by atoms with E-state index in [1.807, 2.05) is 42.5 Å². The number of fused-ring (bicyclic) bond motifs is 1. The number of para-hydroxylation sites is 2. The molecular formula is C23H28N2O2. The van der Waals surface area contributed by atoms with Crippen LogP contribution in [-0.2, 0) is 5.41 Å². The molecule has 0 amide bonds. The topological polar surface area (TPSA) is 54.3 Å². The predicted octanol–water partition coefficient (Wildman–Crippen LogP) is 4.31. The summed E-state index contributed by atoms with van der Waals surface area (Å²) in [5, 5.41) is 13.4. The summed E-state index contributed by atoms with van der Waals surface area (Å²) in [7, 11) is 0. The van der Waals surface area contributed by atoms with E-state index in [2.05, 4.69) is 37.4 Å². The third-order valence-electron chi connectivity index (χ3n) is 5.34. The van der Waals surface area contributed by atoms with Gasteiger partial charge in [0.15, 0.2) is 11.5 Å². The summed E-state index contributed by atoms with van der Waals surface area (Å²) >= 11 is 0. The number of benzene rings is 2. The lowest BCUT2D eigenvalue weighted by molar-refractivity contribution is 0.0904. The normalized spacial score (nSPS) is 17.9. The second-order valence-corrected chi connectivity index (χ2v) is 7.41. The number of hydrogen-bond donors (Lipinski definition) is 1. The summed E-state index contributed by atoms with van der Waals surface area (Å²) in [6, 6.07) is 20.5. The molecule has 1 N–H and O–H groups in total. The Morgan fingerprint density at radius 2 is 1.81 bits per heavy atom. The molecule has 0 aromatic heterocycles. The smallest absolute Gasteiger partial charge is 0.161 e. The van der Waals surface area contributed by atoms with Crippen LogP contribution in [0.5, 0.6) is 11.5 Å². The molecule has 0 saturated carbocycles.